The van der Waals surface area contributed by atoms with E-state index in [4.69, 9.17) is 9.47 Å². The minimum absolute atomic E-state index is 0.210. The molecule has 3 rings (SSSR count). The average molecular weight is 382 g/mol. The maximum Gasteiger partial charge on any atom is 0.265 e. The maximum absolute atomic E-state index is 12.4. The molecule has 3 aromatic rings. The molecule has 0 spiro atoms. The number of hydrogen-bond acceptors (Lipinski definition) is 5. The van der Waals surface area contributed by atoms with Gasteiger partial charge in [0, 0.05) is 17.3 Å². The van der Waals surface area contributed by atoms with Crippen molar-refractivity contribution >= 4 is 34.5 Å². The van der Waals surface area contributed by atoms with Crippen molar-refractivity contribution in [1.29, 1.82) is 0 Å². The van der Waals surface area contributed by atoms with E-state index in [0.29, 0.717) is 33.3 Å². The van der Waals surface area contributed by atoms with Gasteiger partial charge in [0.15, 0.2) is 0 Å². The second kappa shape index (κ2) is 8.37. The molecule has 1 heterocycles. The molecule has 0 fully saturated rings. The molecule has 0 saturated carbocycles. The van der Waals surface area contributed by atoms with Crippen LogP contribution in [0.5, 0.6) is 11.5 Å². The van der Waals surface area contributed by atoms with Crippen molar-refractivity contribution in [2.45, 2.75) is 0 Å². The standard InChI is InChI=1S/C20H18N2O4S/c1-25-15-8-5-13(6-9-15)19(23)21-14-7-10-16(17(12-14)26-2)22-20(24)18-4-3-11-27-18/h3-12H,1-2H3,(H,21,23)(H,22,24). The Morgan fingerprint density at radius 3 is 2.30 bits per heavy atom. The molecule has 0 bridgehead atoms. The number of methoxy groups -OCH3 is 2. The van der Waals surface area contributed by atoms with Crippen molar-refractivity contribution < 1.29 is 19.1 Å². The van der Waals surface area contributed by atoms with Crippen LogP contribution in [0.4, 0.5) is 11.4 Å². The molecule has 138 valence electrons. The Balaban J connectivity index is 1.73. The predicted molar refractivity (Wildman–Crippen MR) is 106 cm³/mol. The van der Waals surface area contributed by atoms with Gasteiger partial charge in [0.1, 0.15) is 11.5 Å². The van der Waals surface area contributed by atoms with E-state index in [9.17, 15) is 9.59 Å². The first-order valence-electron chi connectivity index (χ1n) is 8.09. The second-order valence-corrected chi connectivity index (χ2v) is 6.48. The summed E-state index contributed by atoms with van der Waals surface area (Å²) >= 11 is 1.36. The van der Waals surface area contributed by atoms with E-state index in [2.05, 4.69) is 10.6 Å². The third-order valence-electron chi connectivity index (χ3n) is 3.80. The van der Waals surface area contributed by atoms with Crippen LogP contribution in [0, 0.1) is 0 Å². The van der Waals surface area contributed by atoms with Crippen molar-refractivity contribution in [3.05, 3.63) is 70.4 Å². The molecule has 0 aliphatic rings. The van der Waals surface area contributed by atoms with Crippen LogP contribution in [-0.2, 0) is 0 Å². The third kappa shape index (κ3) is 4.45. The van der Waals surface area contributed by atoms with Gasteiger partial charge in [0.25, 0.3) is 11.8 Å². The lowest BCUT2D eigenvalue weighted by Crippen LogP contribution is -2.13. The third-order valence-corrected chi connectivity index (χ3v) is 4.67. The van der Waals surface area contributed by atoms with E-state index in [1.54, 1.807) is 55.6 Å². The number of hydrogen-bond donors (Lipinski definition) is 2. The summed E-state index contributed by atoms with van der Waals surface area (Å²) in [6.07, 6.45) is 0. The van der Waals surface area contributed by atoms with Crippen LogP contribution < -0.4 is 20.1 Å². The largest absolute Gasteiger partial charge is 0.497 e. The van der Waals surface area contributed by atoms with Crippen molar-refractivity contribution in [2.24, 2.45) is 0 Å². The molecular formula is C20H18N2O4S. The van der Waals surface area contributed by atoms with Gasteiger partial charge in [-0.25, -0.2) is 0 Å². The first-order chi connectivity index (χ1) is 13.1. The molecule has 0 saturated heterocycles. The first-order valence-corrected chi connectivity index (χ1v) is 8.97. The van der Waals surface area contributed by atoms with Crippen LogP contribution in [0.1, 0.15) is 20.0 Å². The fraction of sp³-hybridized carbons (Fsp3) is 0.100. The highest BCUT2D eigenvalue weighted by Crippen LogP contribution is 2.29. The summed E-state index contributed by atoms with van der Waals surface area (Å²) in [5, 5.41) is 7.45. The van der Waals surface area contributed by atoms with Crippen molar-refractivity contribution in [3.63, 3.8) is 0 Å². The molecule has 7 heteroatoms. The Kier molecular flexibility index (Phi) is 5.73. The Bertz CT molecular complexity index is 937. The number of anilines is 2. The smallest absolute Gasteiger partial charge is 0.265 e. The average Bonchev–Trinajstić information content (AvgIpc) is 3.24. The van der Waals surface area contributed by atoms with Gasteiger partial charge in [-0.1, -0.05) is 6.07 Å². The van der Waals surface area contributed by atoms with Gasteiger partial charge in [0.05, 0.1) is 24.8 Å². The molecule has 2 amide bonds. The number of benzene rings is 2. The van der Waals surface area contributed by atoms with E-state index < -0.39 is 0 Å². The number of thiophene rings is 1. The van der Waals surface area contributed by atoms with E-state index in [1.165, 1.54) is 18.4 Å². The summed E-state index contributed by atoms with van der Waals surface area (Å²) < 4.78 is 10.4. The van der Waals surface area contributed by atoms with Gasteiger partial charge in [-0.3, -0.25) is 9.59 Å². The normalized spacial score (nSPS) is 10.1. The summed E-state index contributed by atoms with van der Waals surface area (Å²) in [5.74, 6) is 0.667. The van der Waals surface area contributed by atoms with Gasteiger partial charge in [-0.05, 0) is 47.8 Å². The van der Waals surface area contributed by atoms with Crippen LogP contribution in [0.2, 0.25) is 0 Å². The minimum atomic E-state index is -0.255. The molecule has 0 unspecified atom stereocenters. The highest BCUT2D eigenvalue weighted by Gasteiger charge is 2.13. The Hall–Kier alpha value is -3.32. The quantitative estimate of drug-likeness (QED) is 0.667. The Morgan fingerprint density at radius 2 is 1.67 bits per heavy atom. The highest BCUT2D eigenvalue weighted by atomic mass is 32.1. The fourth-order valence-corrected chi connectivity index (χ4v) is 3.03. The Morgan fingerprint density at radius 1 is 0.889 bits per heavy atom. The van der Waals surface area contributed by atoms with E-state index >= 15 is 0 Å². The van der Waals surface area contributed by atoms with Gasteiger partial charge >= 0.3 is 0 Å². The summed E-state index contributed by atoms with van der Waals surface area (Å²) in [6, 6.07) is 15.4. The fourth-order valence-electron chi connectivity index (χ4n) is 2.41. The molecule has 0 atom stereocenters. The van der Waals surface area contributed by atoms with Crippen LogP contribution in [-0.4, -0.2) is 26.0 Å². The van der Waals surface area contributed by atoms with Crippen LogP contribution in [0.3, 0.4) is 0 Å². The topological polar surface area (TPSA) is 76.7 Å². The molecule has 0 aliphatic carbocycles. The lowest BCUT2D eigenvalue weighted by atomic mass is 10.2. The van der Waals surface area contributed by atoms with Gasteiger partial charge < -0.3 is 20.1 Å². The van der Waals surface area contributed by atoms with Gasteiger partial charge in [-0.15, -0.1) is 11.3 Å². The lowest BCUT2D eigenvalue weighted by Gasteiger charge is -2.12. The molecule has 2 N–H and O–H groups in total. The van der Waals surface area contributed by atoms with Crippen LogP contribution in [0.15, 0.2) is 60.0 Å². The molecule has 0 radical (unpaired) electrons. The number of amides is 2. The maximum atomic E-state index is 12.4. The minimum Gasteiger partial charge on any atom is -0.497 e. The van der Waals surface area contributed by atoms with E-state index in [1.807, 2.05) is 11.4 Å². The zero-order valence-electron chi connectivity index (χ0n) is 14.8. The number of rotatable bonds is 6. The Labute approximate surface area is 160 Å². The molecule has 2 aromatic carbocycles. The van der Waals surface area contributed by atoms with E-state index in [0.717, 1.165) is 0 Å². The number of nitrogens with one attached hydrogen (secondary N) is 2. The van der Waals surface area contributed by atoms with Crippen LogP contribution >= 0.6 is 11.3 Å². The van der Waals surface area contributed by atoms with E-state index in [-0.39, 0.29) is 11.8 Å². The zero-order chi connectivity index (χ0) is 19.2. The van der Waals surface area contributed by atoms with Crippen molar-refractivity contribution in [1.82, 2.24) is 0 Å². The van der Waals surface area contributed by atoms with Gasteiger partial charge in [-0.2, -0.15) is 0 Å². The summed E-state index contributed by atoms with van der Waals surface area (Å²) in [5.41, 5.74) is 1.59. The SMILES string of the molecule is COc1ccc(C(=O)Nc2ccc(NC(=O)c3cccs3)c(OC)c2)cc1. The lowest BCUT2D eigenvalue weighted by molar-refractivity contribution is 0.102. The predicted octanol–water partition coefficient (Wildman–Crippen LogP) is 4.27. The van der Waals surface area contributed by atoms with Crippen LogP contribution in [0.25, 0.3) is 0 Å². The van der Waals surface area contributed by atoms with Crippen molar-refractivity contribution in [3.8, 4) is 11.5 Å². The number of carbonyl (C=O) groups is 2. The summed E-state index contributed by atoms with van der Waals surface area (Å²) in [6.45, 7) is 0. The monoisotopic (exact) mass is 382 g/mol. The molecule has 0 aliphatic heterocycles. The zero-order valence-corrected chi connectivity index (χ0v) is 15.6. The highest BCUT2D eigenvalue weighted by molar-refractivity contribution is 7.12. The molecule has 6 nitrogen and oxygen atoms in total. The summed E-state index contributed by atoms with van der Waals surface area (Å²) in [7, 11) is 3.07. The molecule has 1 aromatic heterocycles. The second-order valence-electron chi connectivity index (χ2n) is 5.53. The number of carbonyl (C=O) groups excluding carboxylic acids is 2. The van der Waals surface area contributed by atoms with Crippen molar-refractivity contribution in [2.75, 3.05) is 24.9 Å². The summed E-state index contributed by atoms with van der Waals surface area (Å²) in [4.78, 5) is 25.2. The number of ether oxygens (including phenoxy) is 2. The van der Waals surface area contributed by atoms with Gasteiger partial charge in [0.2, 0.25) is 0 Å². The first kappa shape index (κ1) is 18.5. The molecule has 27 heavy (non-hydrogen) atoms. The molecular weight excluding hydrogens is 364 g/mol.